The zero-order valence-corrected chi connectivity index (χ0v) is 8.52. The van der Waals surface area contributed by atoms with Gasteiger partial charge in [0, 0.05) is 0 Å². The van der Waals surface area contributed by atoms with Crippen LogP contribution in [0, 0.1) is 4.91 Å². The molecule has 52 valence electrons. The van der Waals surface area contributed by atoms with Gasteiger partial charge in [-0.2, -0.15) is 0 Å². The van der Waals surface area contributed by atoms with Crippen molar-refractivity contribution in [2.24, 2.45) is 5.34 Å². The van der Waals surface area contributed by atoms with Gasteiger partial charge in [-0.3, -0.25) is 0 Å². The summed E-state index contributed by atoms with van der Waals surface area (Å²) in [5, 5.41) is 7.89. The maximum Gasteiger partial charge on any atom is 1.00 e. The second kappa shape index (κ2) is 9.15. The molecule has 0 aliphatic rings. The van der Waals surface area contributed by atoms with Crippen molar-refractivity contribution in [2.75, 3.05) is 0 Å². The van der Waals surface area contributed by atoms with Gasteiger partial charge < -0.3 is 21.3 Å². The van der Waals surface area contributed by atoms with Crippen LogP contribution in [0.4, 0.5) is 0 Å². The minimum Gasteiger partial charge on any atom is -1.00 e. The van der Waals surface area contributed by atoms with E-state index in [1.807, 2.05) is 0 Å². The predicted molar refractivity (Wildman–Crippen MR) is 23.0 cm³/mol. The molecule has 0 saturated carbocycles. The van der Waals surface area contributed by atoms with Crippen LogP contribution in [0.2, 0.25) is 0 Å². The molecule has 9 heteroatoms. The first kappa shape index (κ1) is 16.6. The number of rotatable bonds is 0. The maximum absolute atomic E-state index is 8.88. The zero-order chi connectivity index (χ0) is 7.21. The summed E-state index contributed by atoms with van der Waals surface area (Å²) in [6, 6.07) is 0. The van der Waals surface area contributed by atoms with E-state index in [1.165, 1.54) is 5.34 Å². The van der Waals surface area contributed by atoms with Crippen molar-refractivity contribution in [3.05, 3.63) is 4.91 Å². The molecule has 0 saturated heterocycles. The van der Waals surface area contributed by atoms with Gasteiger partial charge in [0.2, 0.25) is 0 Å². The molecular weight excluding hydrogens is 180 g/mol. The number of nitrogens with zero attached hydrogens (tertiary/aromatic N) is 1. The second-order valence-corrected chi connectivity index (χ2v) is 1.62. The van der Waals surface area contributed by atoms with Crippen LogP contribution < -0.4 is 51.4 Å². The minimum atomic E-state index is -4.64. The molecule has 0 amide bonds. The van der Waals surface area contributed by atoms with Gasteiger partial charge in [-0.25, -0.2) is 4.57 Å². The molecule has 0 atom stereocenters. The van der Waals surface area contributed by atoms with Crippen molar-refractivity contribution in [3.63, 3.8) is 0 Å². The third-order valence-electron chi connectivity index (χ3n) is 0. The van der Waals surface area contributed by atoms with Gasteiger partial charge in [-0.05, 0) is 0 Å². The van der Waals surface area contributed by atoms with Crippen LogP contribution in [0.15, 0.2) is 5.34 Å². The number of hydrogen-bond donors (Lipinski definition) is 4. The van der Waals surface area contributed by atoms with Crippen molar-refractivity contribution in [3.8, 4) is 0 Å². The molecule has 0 aromatic carbocycles. The summed E-state index contributed by atoms with van der Waals surface area (Å²) >= 11 is 0. The van der Waals surface area contributed by atoms with Crippen LogP contribution in [0.1, 0.15) is 1.43 Å². The SMILES string of the molecule is O=NO.O=P(O)(O)O.[H-].[K+]. The topological polar surface area (TPSA) is 127 Å². The van der Waals surface area contributed by atoms with Gasteiger partial charge in [0.25, 0.3) is 0 Å². The number of phosphoric acid groups is 1. The standard InChI is InChI=1S/K.HNO2.H3O4P.H/c;2-1-3;1-5(2,3)4;/h;(H,2,3);(H3,1,2,3,4);/q+1;;;-1. The molecular formula is H5KNO6P. The van der Waals surface area contributed by atoms with Crippen molar-refractivity contribution in [2.45, 2.75) is 0 Å². The molecule has 0 aromatic heterocycles. The summed E-state index contributed by atoms with van der Waals surface area (Å²) < 4.78 is 8.88. The summed E-state index contributed by atoms with van der Waals surface area (Å²) in [7, 11) is -4.64. The minimum absolute atomic E-state index is 0. The van der Waals surface area contributed by atoms with Crippen LogP contribution in [0.5, 0.6) is 0 Å². The Hall–Kier alpha value is 1.15. The summed E-state index contributed by atoms with van der Waals surface area (Å²) in [5.41, 5.74) is 0. The molecule has 9 heavy (non-hydrogen) atoms. The normalized spacial score (nSPS) is 7.89. The van der Waals surface area contributed by atoms with Crippen LogP contribution >= 0.6 is 7.82 Å². The molecule has 0 rings (SSSR count). The van der Waals surface area contributed by atoms with Crippen LogP contribution in [0.3, 0.4) is 0 Å². The van der Waals surface area contributed by atoms with Gasteiger partial charge in [-0.1, -0.05) is 0 Å². The molecule has 0 unspecified atom stereocenters. The van der Waals surface area contributed by atoms with Gasteiger partial charge in [0.05, 0.1) is 0 Å². The smallest absolute Gasteiger partial charge is 1.00 e. The first-order chi connectivity index (χ1) is 3.41. The molecule has 0 bridgehead atoms. The molecule has 0 aromatic rings. The Kier molecular flexibility index (Phi) is 16.9. The Labute approximate surface area is 94.2 Å². The molecule has 0 fully saturated rings. The van der Waals surface area contributed by atoms with Crippen LogP contribution in [-0.4, -0.2) is 19.9 Å². The van der Waals surface area contributed by atoms with E-state index in [0.29, 0.717) is 0 Å². The summed E-state index contributed by atoms with van der Waals surface area (Å²) in [6.07, 6.45) is 0. The molecule has 7 nitrogen and oxygen atoms in total. The molecule has 0 aliphatic heterocycles. The van der Waals surface area contributed by atoms with Gasteiger partial charge in [0.1, 0.15) is 0 Å². The van der Waals surface area contributed by atoms with Gasteiger partial charge >= 0.3 is 59.2 Å². The Morgan fingerprint density at radius 3 is 1.33 bits per heavy atom. The molecule has 0 spiro atoms. The van der Waals surface area contributed by atoms with E-state index < -0.39 is 7.82 Å². The van der Waals surface area contributed by atoms with Crippen molar-refractivity contribution >= 4 is 7.82 Å². The Balaban J connectivity index is -0.0000000326. The van der Waals surface area contributed by atoms with E-state index in [2.05, 4.69) is 0 Å². The predicted octanol–water partition coefficient (Wildman–Crippen LogP) is -3.67. The molecule has 0 heterocycles. The average molecular weight is 185 g/mol. The van der Waals surface area contributed by atoms with E-state index >= 15 is 0 Å². The fourth-order valence-electron chi connectivity index (χ4n) is 0. The fraction of sp³-hybridized carbons (Fsp3) is 0. The van der Waals surface area contributed by atoms with E-state index in [9.17, 15) is 0 Å². The second-order valence-electron chi connectivity index (χ2n) is 0.595. The van der Waals surface area contributed by atoms with Crippen LogP contribution in [-0.2, 0) is 4.57 Å². The zero-order valence-electron chi connectivity index (χ0n) is 5.50. The van der Waals surface area contributed by atoms with Crippen molar-refractivity contribution in [1.29, 1.82) is 0 Å². The fourth-order valence-corrected chi connectivity index (χ4v) is 0. The first-order valence-corrected chi connectivity index (χ1v) is 2.73. The van der Waals surface area contributed by atoms with Crippen LogP contribution in [0.25, 0.3) is 0 Å². The summed E-state index contributed by atoms with van der Waals surface area (Å²) in [6.45, 7) is 0. The average Bonchev–Trinajstić information content (AvgIpc) is 1.27. The van der Waals surface area contributed by atoms with Gasteiger partial charge in [-0.15, -0.1) is 4.91 Å². The van der Waals surface area contributed by atoms with E-state index in [4.69, 9.17) is 29.4 Å². The van der Waals surface area contributed by atoms with Crippen molar-refractivity contribution < 1.29 is 77.3 Å². The quantitative estimate of drug-likeness (QED) is 0.133. The Morgan fingerprint density at radius 1 is 1.33 bits per heavy atom. The number of hydrogen-bond acceptors (Lipinski definition) is 3. The van der Waals surface area contributed by atoms with E-state index in [1.54, 1.807) is 0 Å². The Bertz CT molecular complexity index is 91.7. The third-order valence-corrected chi connectivity index (χ3v) is 0. The maximum atomic E-state index is 8.88. The molecule has 0 radical (unpaired) electrons. The van der Waals surface area contributed by atoms with Gasteiger partial charge in [0.15, 0.2) is 5.34 Å². The third kappa shape index (κ3) is 355. The van der Waals surface area contributed by atoms with Crippen molar-refractivity contribution in [1.82, 2.24) is 0 Å². The molecule has 4 N–H and O–H groups in total. The summed E-state index contributed by atoms with van der Waals surface area (Å²) in [5.74, 6) is 0. The monoisotopic (exact) mass is 185 g/mol. The largest absolute Gasteiger partial charge is 1.00 e. The summed E-state index contributed by atoms with van der Waals surface area (Å²) in [4.78, 5) is 29.7. The Morgan fingerprint density at radius 2 is 1.33 bits per heavy atom. The van der Waals surface area contributed by atoms with E-state index in [-0.39, 0.29) is 52.8 Å². The van der Waals surface area contributed by atoms with E-state index in [0.717, 1.165) is 0 Å². The first-order valence-electron chi connectivity index (χ1n) is 1.17. The molecule has 0 aliphatic carbocycles.